The van der Waals surface area contributed by atoms with Crippen molar-refractivity contribution >= 4 is 57.9 Å². The van der Waals surface area contributed by atoms with Crippen LogP contribution in [-0.2, 0) is 27.1 Å². The van der Waals surface area contributed by atoms with E-state index in [1.165, 1.54) is 16.7 Å². The Morgan fingerprint density at radius 1 is 0.956 bits per heavy atom. The molecular formula is C32H27F3N4O4S2. The average Bonchev–Trinajstić information content (AvgIpc) is 3.42. The van der Waals surface area contributed by atoms with E-state index in [0.29, 0.717) is 26.1 Å². The van der Waals surface area contributed by atoms with E-state index in [4.69, 9.17) is 0 Å². The van der Waals surface area contributed by atoms with Crippen molar-refractivity contribution in [2.45, 2.75) is 35.8 Å². The Hall–Kier alpha value is -4.36. The van der Waals surface area contributed by atoms with E-state index < -0.39 is 57.1 Å². The molecule has 6 rings (SSSR count). The molecule has 1 N–H and O–H groups in total. The van der Waals surface area contributed by atoms with Crippen LogP contribution in [0.15, 0.2) is 82.6 Å². The first-order valence-corrected chi connectivity index (χ1v) is 15.6. The van der Waals surface area contributed by atoms with Gasteiger partial charge in [-0.25, -0.2) is 4.90 Å². The van der Waals surface area contributed by atoms with E-state index >= 15 is 0 Å². The van der Waals surface area contributed by atoms with E-state index in [-0.39, 0.29) is 6.54 Å². The zero-order valence-electron chi connectivity index (χ0n) is 24.3. The number of alkyl halides is 3. The van der Waals surface area contributed by atoms with Crippen LogP contribution in [-0.4, -0.2) is 41.6 Å². The topological polar surface area (TPSA) is 91.7 Å². The van der Waals surface area contributed by atoms with Gasteiger partial charge in [0.25, 0.3) is 0 Å². The fourth-order valence-corrected chi connectivity index (χ4v) is 8.58. The molecule has 0 spiro atoms. The molecule has 0 bridgehead atoms. The number of thiazole rings is 1. The summed E-state index contributed by atoms with van der Waals surface area (Å²) in [5.41, 5.74) is 1.36. The predicted molar refractivity (Wildman–Crippen MR) is 168 cm³/mol. The van der Waals surface area contributed by atoms with Gasteiger partial charge in [0.2, 0.25) is 17.7 Å². The number of carbonyl (C=O) groups is 3. The maximum absolute atomic E-state index is 14.1. The minimum Gasteiger partial charge on any atom is -0.378 e. The summed E-state index contributed by atoms with van der Waals surface area (Å²) in [6.45, 7) is 1.53. The fraction of sp³-hybridized carbons (Fsp3) is 0.250. The smallest absolute Gasteiger partial charge is 0.378 e. The zero-order chi connectivity index (χ0) is 32.2. The Kier molecular flexibility index (Phi) is 7.86. The van der Waals surface area contributed by atoms with Crippen LogP contribution in [0, 0.1) is 12.8 Å². The third-order valence-corrected chi connectivity index (χ3v) is 10.5. The number of nitrogens with one attached hydrogen (secondary N) is 1. The van der Waals surface area contributed by atoms with Crippen LogP contribution in [0.25, 0.3) is 0 Å². The standard InChI is InChI=1S/C32H27F3N4O4S2/c1-17-7-6-8-19(15-17)36-23(40)16-38-30-27(45-31(38)43)24(18-11-13-20(14-12-18)37(2)3)25-26(44-30)29(42)39(28(25)41)22-10-5-4-9-21(22)32(33,34)35/h4-15,24-26H,16H2,1-3H3,(H,36,40). The van der Waals surface area contributed by atoms with Crippen molar-refractivity contribution in [1.82, 2.24) is 4.57 Å². The van der Waals surface area contributed by atoms with E-state index in [1.807, 2.05) is 44.1 Å². The lowest BCUT2D eigenvalue weighted by atomic mass is 9.83. The number of para-hydroxylation sites is 1. The van der Waals surface area contributed by atoms with Gasteiger partial charge in [0, 0.05) is 36.3 Å². The Morgan fingerprint density at radius 2 is 1.67 bits per heavy atom. The molecule has 3 unspecified atom stereocenters. The highest BCUT2D eigenvalue weighted by Gasteiger charge is 2.57. The van der Waals surface area contributed by atoms with Crippen molar-refractivity contribution in [3.05, 3.63) is 104 Å². The van der Waals surface area contributed by atoms with Crippen molar-refractivity contribution < 1.29 is 27.6 Å². The van der Waals surface area contributed by atoms with Crippen molar-refractivity contribution in [1.29, 1.82) is 0 Å². The van der Waals surface area contributed by atoms with Gasteiger partial charge in [0.1, 0.15) is 11.8 Å². The summed E-state index contributed by atoms with van der Waals surface area (Å²) >= 11 is 1.82. The third kappa shape index (κ3) is 5.54. The van der Waals surface area contributed by atoms with E-state index in [0.717, 1.165) is 46.5 Å². The van der Waals surface area contributed by atoms with Gasteiger partial charge in [-0.15, -0.1) is 0 Å². The van der Waals surface area contributed by atoms with Gasteiger partial charge in [-0.3, -0.25) is 23.7 Å². The van der Waals surface area contributed by atoms with Gasteiger partial charge in [0.05, 0.1) is 22.2 Å². The number of carbonyl (C=O) groups excluding carboxylic acids is 3. The summed E-state index contributed by atoms with van der Waals surface area (Å²) in [6.07, 6.45) is -4.80. The van der Waals surface area contributed by atoms with Crippen molar-refractivity contribution in [3.63, 3.8) is 0 Å². The van der Waals surface area contributed by atoms with Gasteiger partial charge in [0.15, 0.2) is 0 Å². The van der Waals surface area contributed by atoms with Gasteiger partial charge in [-0.1, -0.05) is 59.5 Å². The number of hydrogen-bond acceptors (Lipinski definition) is 7. The molecule has 45 heavy (non-hydrogen) atoms. The molecule has 3 heterocycles. The Balaban J connectivity index is 1.44. The van der Waals surface area contributed by atoms with Crippen LogP contribution in [0.5, 0.6) is 0 Å². The van der Waals surface area contributed by atoms with Gasteiger partial charge in [-0.05, 0) is 54.4 Å². The molecule has 1 fully saturated rings. The number of amides is 3. The number of aryl methyl sites for hydroxylation is 1. The number of aromatic nitrogens is 1. The molecule has 0 radical (unpaired) electrons. The van der Waals surface area contributed by atoms with Crippen molar-refractivity contribution in [2.75, 3.05) is 29.2 Å². The molecule has 2 aliphatic heterocycles. The quantitative estimate of drug-likeness (QED) is 0.268. The highest BCUT2D eigenvalue weighted by molar-refractivity contribution is 8.00. The first kappa shape index (κ1) is 30.7. The van der Waals surface area contributed by atoms with Crippen LogP contribution in [0.4, 0.5) is 30.2 Å². The number of nitrogens with zero attached hydrogens (tertiary/aromatic N) is 3. The second kappa shape index (κ2) is 11.5. The molecule has 0 aliphatic carbocycles. The lowest BCUT2D eigenvalue weighted by Gasteiger charge is -2.31. The van der Waals surface area contributed by atoms with Crippen molar-refractivity contribution in [2.24, 2.45) is 5.92 Å². The maximum atomic E-state index is 14.1. The van der Waals surface area contributed by atoms with Crippen molar-refractivity contribution in [3.8, 4) is 0 Å². The van der Waals surface area contributed by atoms with Crippen LogP contribution < -0.4 is 20.0 Å². The number of imide groups is 1. The molecule has 0 saturated carbocycles. The van der Waals surface area contributed by atoms with E-state index in [1.54, 1.807) is 30.3 Å². The highest BCUT2D eigenvalue weighted by Crippen LogP contribution is 2.54. The fourth-order valence-electron chi connectivity index (χ4n) is 5.81. The number of hydrogen-bond donors (Lipinski definition) is 1. The number of anilines is 3. The molecule has 3 aromatic carbocycles. The molecule has 2 aliphatic rings. The number of thioether (sulfide) groups is 1. The SMILES string of the molecule is Cc1cccc(NC(=O)Cn2c3c(sc2=O)C(c2ccc(N(C)C)cc2)C2C(=O)N(c4ccccc4C(F)(F)F)C(=O)C2S3)c1. The van der Waals surface area contributed by atoms with Crippen LogP contribution in [0.1, 0.15) is 27.5 Å². The normalized spacial score (nSPS) is 19.3. The monoisotopic (exact) mass is 652 g/mol. The van der Waals surface area contributed by atoms with E-state index in [9.17, 15) is 32.3 Å². The molecule has 8 nitrogen and oxygen atoms in total. The number of benzene rings is 3. The second-order valence-electron chi connectivity index (χ2n) is 11.1. The number of rotatable bonds is 6. The van der Waals surface area contributed by atoms with Crippen LogP contribution >= 0.6 is 23.1 Å². The van der Waals surface area contributed by atoms with Gasteiger partial charge in [-0.2, -0.15) is 13.2 Å². The highest BCUT2D eigenvalue weighted by atomic mass is 32.2. The number of fused-ring (bicyclic) bond motifs is 2. The van der Waals surface area contributed by atoms with Gasteiger partial charge >= 0.3 is 11.0 Å². The second-order valence-corrected chi connectivity index (χ2v) is 13.2. The largest absolute Gasteiger partial charge is 0.418 e. The summed E-state index contributed by atoms with van der Waals surface area (Å²) < 4.78 is 43.3. The maximum Gasteiger partial charge on any atom is 0.418 e. The van der Waals surface area contributed by atoms with Crippen LogP contribution in [0.3, 0.4) is 0 Å². The summed E-state index contributed by atoms with van der Waals surface area (Å²) in [6, 6.07) is 18.9. The summed E-state index contributed by atoms with van der Waals surface area (Å²) in [4.78, 5) is 57.0. The summed E-state index contributed by atoms with van der Waals surface area (Å²) in [5, 5.41) is 2.01. The molecule has 3 atom stereocenters. The average molecular weight is 653 g/mol. The van der Waals surface area contributed by atoms with Crippen LogP contribution in [0.2, 0.25) is 0 Å². The third-order valence-electron chi connectivity index (χ3n) is 7.87. The summed E-state index contributed by atoms with van der Waals surface area (Å²) in [5.74, 6) is -3.92. The minimum atomic E-state index is -4.80. The first-order valence-electron chi connectivity index (χ1n) is 13.9. The summed E-state index contributed by atoms with van der Waals surface area (Å²) in [7, 11) is 3.73. The molecule has 1 aromatic heterocycles. The zero-order valence-corrected chi connectivity index (χ0v) is 25.9. The lowest BCUT2D eigenvalue weighted by Crippen LogP contribution is -2.33. The predicted octanol–water partition coefficient (Wildman–Crippen LogP) is 5.74. The molecule has 3 amide bonds. The van der Waals surface area contributed by atoms with E-state index in [2.05, 4.69) is 5.32 Å². The Morgan fingerprint density at radius 3 is 2.33 bits per heavy atom. The molecule has 1 saturated heterocycles. The Bertz CT molecular complexity index is 1880. The molecule has 4 aromatic rings. The van der Waals surface area contributed by atoms with Gasteiger partial charge < -0.3 is 10.2 Å². The lowest BCUT2D eigenvalue weighted by molar-refractivity contribution is -0.137. The first-order chi connectivity index (χ1) is 21.3. The number of halogens is 3. The Labute approximate surface area is 264 Å². The molecule has 13 heteroatoms. The minimum absolute atomic E-state index is 0.347. The molecule has 232 valence electrons. The molecular weight excluding hydrogens is 626 g/mol.